The summed E-state index contributed by atoms with van der Waals surface area (Å²) in [5, 5.41) is 3.63. The van der Waals surface area contributed by atoms with Crippen molar-refractivity contribution in [3.8, 4) is 0 Å². The molecule has 1 N–H and O–H groups in total. The molecule has 0 aromatic heterocycles. The highest BCUT2D eigenvalue weighted by Gasteiger charge is 2.26. The molecule has 19 heavy (non-hydrogen) atoms. The lowest BCUT2D eigenvalue weighted by Crippen LogP contribution is -2.41. The van der Waals surface area contributed by atoms with Gasteiger partial charge in [-0.15, -0.1) is 0 Å². The normalized spacial score (nSPS) is 25.3. The van der Waals surface area contributed by atoms with Gasteiger partial charge in [0, 0.05) is 29.5 Å². The fourth-order valence-corrected chi connectivity index (χ4v) is 4.06. The van der Waals surface area contributed by atoms with Crippen LogP contribution in [0, 0.1) is 0 Å². The number of rotatable bonds is 3. The van der Waals surface area contributed by atoms with Crippen LogP contribution in [0.2, 0.25) is 0 Å². The van der Waals surface area contributed by atoms with Crippen LogP contribution in [0.5, 0.6) is 0 Å². The zero-order valence-electron chi connectivity index (χ0n) is 11.7. The fraction of sp³-hybridized carbons (Fsp3) is 0.625. The molecule has 2 fully saturated rings. The lowest BCUT2D eigenvalue weighted by atomic mass is 9.90. The third-order valence-electron chi connectivity index (χ3n) is 4.46. The monoisotopic (exact) mass is 322 g/mol. The van der Waals surface area contributed by atoms with Gasteiger partial charge in [-0.3, -0.25) is 0 Å². The van der Waals surface area contributed by atoms with Crippen LogP contribution in [0.3, 0.4) is 0 Å². The second-order valence-electron chi connectivity index (χ2n) is 6.12. The molecule has 2 heterocycles. The number of nitrogens with zero attached hydrogens (tertiary/aromatic N) is 1. The largest absolute Gasteiger partial charge is 0.314 e. The van der Waals surface area contributed by atoms with Gasteiger partial charge in [-0.25, -0.2) is 0 Å². The third kappa shape index (κ3) is 3.21. The number of likely N-dealkylation sites (tertiary alicyclic amines) is 1. The average molecular weight is 323 g/mol. The lowest BCUT2D eigenvalue weighted by molar-refractivity contribution is 0.189. The van der Waals surface area contributed by atoms with Crippen molar-refractivity contribution in [2.75, 3.05) is 26.7 Å². The van der Waals surface area contributed by atoms with Gasteiger partial charge >= 0.3 is 0 Å². The van der Waals surface area contributed by atoms with Crippen LogP contribution in [0.4, 0.5) is 0 Å². The van der Waals surface area contributed by atoms with Crippen LogP contribution >= 0.6 is 15.9 Å². The van der Waals surface area contributed by atoms with E-state index in [1.165, 1.54) is 60.9 Å². The van der Waals surface area contributed by atoms with Crippen molar-refractivity contribution in [2.24, 2.45) is 0 Å². The molecule has 2 nitrogen and oxygen atoms in total. The molecule has 0 saturated carbocycles. The lowest BCUT2D eigenvalue weighted by Gasteiger charge is -2.37. The minimum Gasteiger partial charge on any atom is -0.314 e. The predicted octanol–water partition coefficient (Wildman–Crippen LogP) is 3.16. The Hall–Kier alpha value is -0.380. The molecule has 3 heteroatoms. The van der Waals surface area contributed by atoms with Gasteiger partial charge in [-0.1, -0.05) is 34.5 Å². The van der Waals surface area contributed by atoms with Crippen LogP contribution in [0.1, 0.15) is 36.3 Å². The summed E-state index contributed by atoms with van der Waals surface area (Å²) in [6.45, 7) is 3.59. The van der Waals surface area contributed by atoms with Gasteiger partial charge in [0.15, 0.2) is 0 Å². The molecule has 0 amide bonds. The molecule has 0 radical (unpaired) electrons. The minimum absolute atomic E-state index is 0.682. The Morgan fingerprint density at radius 2 is 2.16 bits per heavy atom. The number of piperidine rings is 1. The van der Waals surface area contributed by atoms with E-state index in [4.69, 9.17) is 0 Å². The SMILES string of the molecule is CN1CC(c2ccc(CC3CCCCN3)cc2Br)C1. The van der Waals surface area contributed by atoms with Crippen molar-refractivity contribution in [3.05, 3.63) is 33.8 Å². The van der Waals surface area contributed by atoms with Crippen LogP contribution in [-0.4, -0.2) is 37.6 Å². The zero-order valence-corrected chi connectivity index (χ0v) is 13.2. The summed E-state index contributed by atoms with van der Waals surface area (Å²) < 4.78 is 1.30. The highest BCUT2D eigenvalue weighted by atomic mass is 79.9. The van der Waals surface area contributed by atoms with E-state index >= 15 is 0 Å². The first-order valence-electron chi connectivity index (χ1n) is 7.42. The van der Waals surface area contributed by atoms with Gasteiger partial charge in [-0.2, -0.15) is 0 Å². The summed E-state index contributed by atoms with van der Waals surface area (Å²) in [4.78, 5) is 2.37. The second kappa shape index (κ2) is 5.94. The Kier molecular flexibility index (Phi) is 4.25. The summed E-state index contributed by atoms with van der Waals surface area (Å²) in [5.41, 5.74) is 2.95. The van der Waals surface area contributed by atoms with Gasteiger partial charge in [0.2, 0.25) is 0 Å². The van der Waals surface area contributed by atoms with E-state index in [1.54, 1.807) is 0 Å². The van der Waals surface area contributed by atoms with Gasteiger partial charge < -0.3 is 10.2 Å². The van der Waals surface area contributed by atoms with Crippen LogP contribution in [-0.2, 0) is 6.42 Å². The predicted molar refractivity (Wildman–Crippen MR) is 83.7 cm³/mol. The van der Waals surface area contributed by atoms with Crippen LogP contribution in [0.25, 0.3) is 0 Å². The third-order valence-corrected chi connectivity index (χ3v) is 5.15. The van der Waals surface area contributed by atoms with Crippen molar-refractivity contribution in [3.63, 3.8) is 0 Å². The summed E-state index contributed by atoms with van der Waals surface area (Å²) >= 11 is 3.77. The van der Waals surface area contributed by atoms with E-state index in [2.05, 4.69) is 51.4 Å². The molecule has 1 aromatic carbocycles. The quantitative estimate of drug-likeness (QED) is 0.919. The Balaban J connectivity index is 1.65. The number of benzene rings is 1. The molecule has 3 rings (SSSR count). The molecule has 104 valence electrons. The molecule has 0 aliphatic carbocycles. The first-order valence-corrected chi connectivity index (χ1v) is 8.22. The van der Waals surface area contributed by atoms with Crippen LogP contribution < -0.4 is 5.32 Å². The summed E-state index contributed by atoms with van der Waals surface area (Å²) in [7, 11) is 2.19. The highest BCUT2D eigenvalue weighted by Crippen LogP contribution is 2.32. The van der Waals surface area contributed by atoms with E-state index in [-0.39, 0.29) is 0 Å². The Morgan fingerprint density at radius 3 is 2.79 bits per heavy atom. The Morgan fingerprint density at radius 1 is 1.32 bits per heavy atom. The molecular weight excluding hydrogens is 300 g/mol. The van der Waals surface area contributed by atoms with E-state index < -0.39 is 0 Å². The molecule has 1 aromatic rings. The number of likely N-dealkylation sites (N-methyl/N-ethyl adjacent to an activating group) is 1. The molecule has 1 unspecified atom stereocenters. The zero-order chi connectivity index (χ0) is 13.2. The molecular formula is C16H23BrN2. The molecule has 0 bridgehead atoms. The van der Waals surface area contributed by atoms with E-state index in [9.17, 15) is 0 Å². The maximum absolute atomic E-state index is 3.77. The van der Waals surface area contributed by atoms with E-state index in [1.807, 2.05) is 0 Å². The van der Waals surface area contributed by atoms with E-state index in [0.29, 0.717) is 6.04 Å². The second-order valence-corrected chi connectivity index (χ2v) is 6.98. The first-order chi connectivity index (χ1) is 9.22. The topological polar surface area (TPSA) is 15.3 Å². The molecule has 2 aliphatic rings. The smallest absolute Gasteiger partial charge is 0.0213 e. The number of hydrogen-bond donors (Lipinski definition) is 1. The van der Waals surface area contributed by atoms with Crippen molar-refractivity contribution >= 4 is 15.9 Å². The highest BCUT2D eigenvalue weighted by molar-refractivity contribution is 9.10. The van der Waals surface area contributed by atoms with Gasteiger partial charge in [0.25, 0.3) is 0 Å². The Labute approximate surface area is 124 Å². The van der Waals surface area contributed by atoms with Crippen LogP contribution in [0.15, 0.2) is 22.7 Å². The molecule has 2 aliphatic heterocycles. The minimum atomic E-state index is 0.682. The van der Waals surface area contributed by atoms with Gasteiger partial charge in [0.05, 0.1) is 0 Å². The van der Waals surface area contributed by atoms with Crippen molar-refractivity contribution in [2.45, 2.75) is 37.6 Å². The number of nitrogens with one attached hydrogen (secondary N) is 1. The standard InChI is InChI=1S/C16H23BrN2/c1-19-10-13(11-19)15-6-5-12(9-16(15)17)8-14-4-2-3-7-18-14/h5-6,9,13-14,18H,2-4,7-8,10-11H2,1H3. The summed E-state index contributed by atoms with van der Waals surface area (Å²) in [5.74, 6) is 0.723. The van der Waals surface area contributed by atoms with E-state index in [0.717, 1.165) is 5.92 Å². The van der Waals surface area contributed by atoms with Gasteiger partial charge in [0.1, 0.15) is 0 Å². The van der Waals surface area contributed by atoms with Crippen molar-refractivity contribution in [1.82, 2.24) is 10.2 Å². The molecule has 0 spiro atoms. The maximum Gasteiger partial charge on any atom is 0.0213 e. The number of halogens is 1. The number of hydrogen-bond acceptors (Lipinski definition) is 2. The first kappa shape index (κ1) is 13.6. The van der Waals surface area contributed by atoms with Crippen molar-refractivity contribution in [1.29, 1.82) is 0 Å². The van der Waals surface area contributed by atoms with Crippen molar-refractivity contribution < 1.29 is 0 Å². The summed E-state index contributed by atoms with van der Waals surface area (Å²) in [6.07, 6.45) is 5.22. The average Bonchev–Trinajstić information content (AvgIpc) is 2.37. The van der Waals surface area contributed by atoms with Gasteiger partial charge in [-0.05, 0) is 50.0 Å². The summed E-state index contributed by atoms with van der Waals surface area (Å²) in [6, 6.07) is 7.68. The fourth-order valence-electron chi connectivity index (χ4n) is 3.31. The molecule has 1 atom stereocenters. The molecule has 2 saturated heterocycles. The Bertz CT molecular complexity index is 434. The maximum atomic E-state index is 3.77.